The third-order valence-electron chi connectivity index (χ3n) is 3.35. The summed E-state index contributed by atoms with van der Waals surface area (Å²) in [5.41, 5.74) is 2.38. The first-order chi connectivity index (χ1) is 12.4. The van der Waals surface area contributed by atoms with Crippen LogP contribution in [0.15, 0.2) is 44.4 Å². The second-order valence-electron chi connectivity index (χ2n) is 5.27. The molecular weight excluding hydrogens is 468 g/mol. The molecule has 0 spiro atoms. The minimum absolute atomic E-state index is 0.227. The Balaban J connectivity index is 1.96. The number of aryl methyl sites for hydroxylation is 1. The predicted molar refractivity (Wildman–Crippen MR) is 108 cm³/mol. The number of hydrogen-bond donors (Lipinski definition) is 1. The maximum Gasteiger partial charge on any atom is 0.265 e. The van der Waals surface area contributed by atoms with Gasteiger partial charge >= 0.3 is 0 Å². The third kappa shape index (κ3) is 5.47. The lowest BCUT2D eigenvalue weighted by atomic mass is 10.2. The maximum absolute atomic E-state index is 12.0. The molecule has 0 aromatic heterocycles. The van der Waals surface area contributed by atoms with Crippen LogP contribution < -0.4 is 14.8 Å². The van der Waals surface area contributed by atoms with Crippen LogP contribution in [0.5, 0.6) is 11.5 Å². The van der Waals surface area contributed by atoms with Gasteiger partial charge in [0.25, 0.3) is 5.91 Å². The molecule has 2 aromatic rings. The molecule has 8 heteroatoms. The molecule has 0 saturated carbocycles. The summed E-state index contributed by atoms with van der Waals surface area (Å²) in [7, 11) is 3.13. The van der Waals surface area contributed by atoms with Crippen LogP contribution in [-0.2, 0) is 9.63 Å². The number of ether oxygens (including phenoxy) is 2. The first kappa shape index (κ1) is 20.3. The largest absolute Gasteiger partial charge is 0.497 e. The molecule has 0 saturated heterocycles. The number of oxime groups is 1. The summed E-state index contributed by atoms with van der Waals surface area (Å²) in [5.74, 6) is 0.958. The van der Waals surface area contributed by atoms with Gasteiger partial charge in [-0.15, -0.1) is 0 Å². The fraction of sp³-hybridized carbons (Fsp3) is 0.222. The van der Waals surface area contributed by atoms with Crippen LogP contribution in [0.3, 0.4) is 0 Å². The highest BCUT2D eigenvalue weighted by Crippen LogP contribution is 2.32. The minimum Gasteiger partial charge on any atom is -0.497 e. The van der Waals surface area contributed by atoms with E-state index in [2.05, 4.69) is 42.3 Å². The van der Waals surface area contributed by atoms with Crippen molar-refractivity contribution in [3.8, 4) is 11.5 Å². The summed E-state index contributed by atoms with van der Waals surface area (Å²) in [6, 6.07) is 9.12. The number of nitrogens with one attached hydrogen (secondary N) is 1. The lowest BCUT2D eigenvalue weighted by Crippen LogP contribution is -2.17. The van der Waals surface area contributed by atoms with Crippen molar-refractivity contribution in [3.63, 3.8) is 0 Å². The normalized spacial score (nSPS) is 10.7. The second kappa shape index (κ2) is 9.59. The summed E-state index contributed by atoms with van der Waals surface area (Å²) in [6.45, 7) is 1.74. The van der Waals surface area contributed by atoms with Crippen molar-refractivity contribution in [2.24, 2.45) is 5.16 Å². The zero-order chi connectivity index (χ0) is 19.1. The number of anilines is 1. The van der Waals surface area contributed by atoms with Gasteiger partial charge in [-0.1, -0.05) is 5.16 Å². The van der Waals surface area contributed by atoms with Crippen molar-refractivity contribution >= 4 is 49.7 Å². The molecule has 6 nitrogen and oxygen atoms in total. The Morgan fingerprint density at radius 3 is 2.46 bits per heavy atom. The topological polar surface area (TPSA) is 69.1 Å². The van der Waals surface area contributed by atoms with Crippen LogP contribution in [0.4, 0.5) is 5.69 Å². The van der Waals surface area contributed by atoms with Crippen LogP contribution in [0, 0.1) is 6.92 Å². The summed E-state index contributed by atoms with van der Waals surface area (Å²) < 4.78 is 12.0. The molecule has 1 N–H and O–H groups in total. The Bertz CT molecular complexity index is 802. The van der Waals surface area contributed by atoms with E-state index in [0.29, 0.717) is 22.7 Å². The van der Waals surface area contributed by atoms with Gasteiger partial charge in [-0.05, 0) is 74.7 Å². The van der Waals surface area contributed by atoms with Gasteiger partial charge in [-0.3, -0.25) is 4.79 Å². The standard InChI is InChI=1S/C18H18Br2N2O4/c1-11-6-14(19)18(15(20)7-11)22-17(23)10-26-21-9-12-8-13(24-2)4-5-16(12)25-3/h4-9H,10H2,1-3H3,(H,22,23)/b21-9+. The maximum atomic E-state index is 12.0. The van der Waals surface area contributed by atoms with Gasteiger partial charge in [-0.2, -0.15) is 0 Å². The SMILES string of the molecule is COc1ccc(OC)c(/C=N/OCC(=O)Nc2c(Br)cc(C)cc2Br)c1. The molecule has 0 fully saturated rings. The van der Waals surface area contributed by atoms with Crippen molar-refractivity contribution < 1.29 is 19.1 Å². The van der Waals surface area contributed by atoms with Crippen molar-refractivity contribution in [3.05, 3.63) is 50.4 Å². The van der Waals surface area contributed by atoms with E-state index >= 15 is 0 Å². The van der Waals surface area contributed by atoms with E-state index in [-0.39, 0.29) is 12.5 Å². The quantitative estimate of drug-likeness (QED) is 0.462. The molecule has 0 aliphatic rings. The summed E-state index contributed by atoms with van der Waals surface area (Å²) in [5, 5.41) is 6.59. The number of rotatable bonds is 7. The number of carbonyl (C=O) groups is 1. The first-order valence-electron chi connectivity index (χ1n) is 7.57. The smallest absolute Gasteiger partial charge is 0.265 e. The molecule has 0 unspecified atom stereocenters. The Kier molecular flexibility index (Phi) is 7.47. The third-order valence-corrected chi connectivity index (χ3v) is 4.60. The number of benzene rings is 2. The molecule has 0 atom stereocenters. The highest BCUT2D eigenvalue weighted by atomic mass is 79.9. The number of amides is 1. The van der Waals surface area contributed by atoms with E-state index in [0.717, 1.165) is 14.5 Å². The Hall–Kier alpha value is -2.06. The predicted octanol–water partition coefficient (Wildman–Crippen LogP) is 4.53. The average molecular weight is 486 g/mol. The van der Waals surface area contributed by atoms with Gasteiger partial charge in [0.15, 0.2) is 6.61 Å². The number of methoxy groups -OCH3 is 2. The number of carbonyl (C=O) groups excluding carboxylic acids is 1. The van der Waals surface area contributed by atoms with Gasteiger partial charge in [0.2, 0.25) is 0 Å². The molecule has 0 bridgehead atoms. The van der Waals surface area contributed by atoms with Crippen molar-refractivity contribution in [1.29, 1.82) is 0 Å². The minimum atomic E-state index is -0.329. The Morgan fingerprint density at radius 2 is 1.85 bits per heavy atom. The first-order valence-corrected chi connectivity index (χ1v) is 9.16. The molecule has 1 amide bonds. The van der Waals surface area contributed by atoms with Gasteiger partial charge < -0.3 is 19.6 Å². The molecule has 0 aliphatic carbocycles. The Labute approximate surface area is 168 Å². The number of hydrogen-bond acceptors (Lipinski definition) is 5. The lowest BCUT2D eigenvalue weighted by Gasteiger charge is -2.10. The molecule has 0 heterocycles. The molecule has 0 radical (unpaired) electrons. The zero-order valence-corrected chi connectivity index (χ0v) is 17.7. The van der Waals surface area contributed by atoms with Crippen LogP contribution in [0.1, 0.15) is 11.1 Å². The van der Waals surface area contributed by atoms with Crippen molar-refractivity contribution in [2.75, 3.05) is 26.1 Å². The highest BCUT2D eigenvalue weighted by molar-refractivity contribution is 9.11. The van der Waals surface area contributed by atoms with Crippen molar-refractivity contribution in [2.45, 2.75) is 6.92 Å². The van der Waals surface area contributed by atoms with E-state index in [1.165, 1.54) is 6.21 Å². The summed E-state index contributed by atoms with van der Waals surface area (Å²) in [4.78, 5) is 17.1. The number of nitrogens with zero attached hydrogens (tertiary/aromatic N) is 1. The lowest BCUT2D eigenvalue weighted by molar-refractivity contribution is -0.120. The zero-order valence-electron chi connectivity index (χ0n) is 14.5. The molecule has 2 aromatic carbocycles. The van der Waals surface area contributed by atoms with E-state index in [1.54, 1.807) is 32.4 Å². The van der Waals surface area contributed by atoms with Crippen LogP contribution in [0.2, 0.25) is 0 Å². The van der Waals surface area contributed by atoms with Gasteiger partial charge in [0, 0.05) is 14.5 Å². The summed E-state index contributed by atoms with van der Waals surface area (Å²) in [6.07, 6.45) is 1.46. The van der Waals surface area contributed by atoms with Crippen LogP contribution in [0.25, 0.3) is 0 Å². The van der Waals surface area contributed by atoms with E-state index in [4.69, 9.17) is 14.3 Å². The van der Waals surface area contributed by atoms with Crippen LogP contribution >= 0.6 is 31.9 Å². The summed E-state index contributed by atoms with van der Waals surface area (Å²) >= 11 is 6.85. The monoisotopic (exact) mass is 484 g/mol. The van der Waals surface area contributed by atoms with E-state index < -0.39 is 0 Å². The van der Waals surface area contributed by atoms with Gasteiger partial charge in [-0.25, -0.2) is 0 Å². The molecule has 2 rings (SSSR count). The highest BCUT2D eigenvalue weighted by Gasteiger charge is 2.10. The molecule has 26 heavy (non-hydrogen) atoms. The fourth-order valence-corrected chi connectivity index (χ4v) is 3.74. The van der Waals surface area contributed by atoms with Gasteiger partial charge in [0.1, 0.15) is 11.5 Å². The molecule has 0 aliphatic heterocycles. The number of halogens is 2. The van der Waals surface area contributed by atoms with Crippen molar-refractivity contribution in [1.82, 2.24) is 0 Å². The fourth-order valence-electron chi connectivity index (χ4n) is 2.13. The Morgan fingerprint density at radius 1 is 1.15 bits per heavy atom. The second-order valence-corrected chi connectivity index (χ2v) is 6.98. The van der Waals surface area contributed by atoms with Gasteiger partial charge in [0.05, 0.1) is 26.1 Å². The average Bonchev–Trinajstić information content (AvgIpc) is 2.61. The molecule has 138 valence electrons. The van der Waals surface area contributed by atoms with Crippen LogP contribution in [-0.4, -0.2) is 32.9 Å². The van der Waals surface area contributed by atoms with E-state index in [9.17, 15) is 4.79 Å². The van der Waals surface area contributed by atoms with E-state index in [1.807, 2.05) is 19.1 Å². The molecular formula is C18H18Br2N2O4.